The number of benzene rings is 7. The van der Waals surface area contributed by atoms with Gasteiger partial charge in [-0.25, -0.2) is 4.98 Å². The van der Waals surface area contributed by atoms with E-state index in [2.05, 4.69) is 188 Å². The van der Waals surface area contributed by atoms with Crippen LogP contribution in [0.3, 0.4) is 0 Å². The zero-order chi connectivity index (χ0) is 32.4. The van der Waals surface area contributed by atoms with Crippen molar-refractivity contribution in [1.82, 2.24) is 4.98 Å². The summed E-state index contributed by atoms with van der Waals surface area (Å²) in [5, 5.41) is 0. The van der Waals surface area contributed by atoms with Crippen LogP contribution < -0.4 is 0 Å². The first kappa shape index (κ1) is 27.8. The zero-order valence-corrected chi connectivity index (χ0v) is 26.8. The third kappa shape index (κ3) is 4.09. The monoisotopic (exact) mass is 621 g/mol. The van der Waals surface area contributed by atoms with Gasteiger partial charge in [-0.1, -0.05) is 170 Å². The number of rotatable bonds is 4. The third-order valence-electron chi connectivity index (χ3n) is 10.5. The molecule has 1 nitrogen and oxygen atoms in total. The van der Waals surface area contributed by atoms with Crippen molar-refractivity contribution in [2.75, 3.05) is 0 Å². The highest BCUT2D eigenvalue weighted by Crippen LogP contribution is 2.63. The van der Waals surface area contributed by atoms with Gasteiger partial charge in [0, 0.05) is 11.1 Å². The maximum Gasteiger partial charge on any atom is 0.0725 e. The van der Waals surface area contributed by atoms with Crippen molar-refractivity contribution in [2.45, 2.75) is 5.41 Å². The summed E-state index contributed by atoms with van der Waals surface area (Å²) >= 11 is 0. The first-order chi connectivity index (χ1) is 24.3. The van der Waals surface area contributed by atoms with Crippen LogP contribution in [0.5, 0.6) is 0 Å². The van der Waals surface area contributed by atoms with E-state index >= 15 is 0 Å². The molecule has 7 aromatic carbocycles. The van der Waals surface area contributed by atoms with Crippen molar-refractivity contribution in [3.8, 4) is 67.0 Å². The normalized spacial score (nSPS) is 13.1. The molecule has 49 heavy (non-hydrogen) atoms. The van der Waals surface area contributed by atoms with E-state index < -0.39 is 0 Å². The Labute approximate surface area is 286 Å². The van der Waals surface area contributed by atoms with Crippen LogP contribution in [0.2, 0.25) is 0 Å². The standard InChI is InChI=1S/C48H31N/c1-3-15-32(16-4-1)34-19-13-20-35(29-34)36-30-45(33-17-5-2-6-18-33)49-46(31-36)40-24-14-28-44-47(40)39-23-9-12-27-43(39)48(44)41-25-10-7-21-37(41)38-22-8-11-26-42(38)48/h1-31H. The maximum absolute atomic E-state index is 5.43. The third-order valence-corrected chi connectivity index (χ3v) is 10.5. The molecular formula is C48H31N. The molecule has 0 amide bonds. The van der Waals surface area contributed by atoms with Crippen molar-refractivity contribution >= 4 is 0 Å². The number of nitrogens with zero attached hydrogens (tertiary/aromatic N) is 1. The number of hydrogen-bond donors (Lipinski definition) is 0. The molecule has 0 bridgehead atoms. The summed E-state index contributed by atoms with van der Waals surface area (Å²) in [7, 11) is 0. The summed E-state index contributed by atoms with van der Waals surface area (Å²) in [5.74, 6) is 0. The van der Waals surface area contributed by atoms with Gasteiger partial charge < -0.3 is 0 Å². The maximum atomic E-state index is 5.43. The van der Waals surface area contributed by atoms with Gasteiger partial charge in [0.2, 0.25) is 0 Å². The second kappa shape index (κ2) is 10.9. The number of hydrogen-bond acceptors (Lipinski definition) is 1. The minimum Gasteiger partial charge on any atom is -0.248 e. The Bertz CT molecular complexity index is 2500. The molecule has 228 valence electrons. The highest BCUT2D eigenvalue weighted by molar-refractivity contribution is 6.00. The summed E-state index contributed by atoms with van der Waals surface area (Å²) in [6.45, 7) is 0. The molecule has 0 aliphatic heterocycles. The van der Waals surface area contributed by atoms with E-state index in [1.807, 2.05) is 0 Å². The molecule has 2 aliphatic rings. The average Bonchev–Trinajstić information content (AvgIpc) is 3.66. The Hall–Kier alpha value is -6.31. The Morgan fingerprint density at radius 3 is 1.41 bits per heavy atom. The molecule has 1 heterocycles. The van der Waals surface area contributed by atoms with E-state index in [9.17, 15) is 0 Å². The van der Waals surface area contributed by atoms with Crippen molar-refractivity contribution < 1.29 is 0 Å². The van der Waals surface area contributed by atoms with Crippen LogP contribution >= 0.6 is 0 Å². The fourth-order valence-electron chi connectivity index (χ4n) is 8.46. The first-order valence-corrected chi connectivity index (χ1v) is 17.0. The highest BCUT2D eigenvalue weighted by atomic mass is 14.7. The molecule has 2 aliphatic carbocycles. The van der Waals surface area contributed by atoms with Crippen LogP contribution in [-0.4, -0.2) is 4.98 Å². The molecule has 0 unspecified atom stereocenters. The van der Waals surface area contributed by atoms with Crippen LogP contribution in [0.1, 0.15) is 22.3 Å². The van der Waals surface area contributed by atoms with Crippen molar-refractivity contribution in [3.63, 3.8) is 0 Å². The van der Waals surface area contributed by atoms with Crippen molar-refractivity contribution in [3.05, 3.63) is 210 Å². The zero-order valence-electron chi connectivity index (χ0n) is 26.8. The predicted molar refractivity (Wildman–Crippen MR) is 202 cm³/mol. The topological polar surface area (TPSA) is 12.9 Å². The van der Waals surface area contributed by atoms with Gasteiger partial charge in [-0.3, -0.25) is 0 Å². The first-order valence-electron chi connectivity index (χ1n) is 17.0. The summed E-state index contributed by atoms with van der Waals surface area (Å²) in [6.07, 6.45) is 0. The van der Waals surface area contributed by atoms with Gasteiger partial charge in [0.05, 0.1) is 16.8 Å². The van der Waals surface area contributed by atoms with Crippen LogP contribution in [0.25, 0.3) is 67.0 Å². The van der Waals surface area contributed by atoms with Crippen molar-refractivity contribution in [2.24, 2.45) is 0 Å². The van der Waals surface area contributed by atoms with E-state index in [0.29, 0.717) is 0 Å². The Morgan fingerprint density at radius 1 is 0.286 bits per heavy atom. The van der Waals surface area contributed by atoms with Crippen LogP contribution in [-0.2, 0) is 5.41 Å². The fourth-order valence-corrected chi connectivity index (χ4v) is 8.46. The minimum atomic E-state index is -0.390. The molecule has 0 saturated heterocycles. The predicted octanol–water partition coefficient (Wildman–Crippen LogP) is 12.1. The lowest BCUT2D eigenvalue weighted by Gasteiger charge is -2.30. The molecule has 0 atom stereocenters. The van der Waals surface area contributed by atoms with Gasteiger partial charge in [-0.05, 0) is 85.0 Å². The number of pyridine rings is 1. The van der Waals surface area contributed by atoms with Gasteiger partial charge in [-0.15, -0.1) is 0 Å². The van der Waals surface area contributed by atoms with E-state index in [0.717, 1.165) is 28.1 Å². The molecule has 1 heteroatoms. The molecule has 0 N–H and O–H groups in total. The van der Waals surface area contributed by atoms with E-state index in [1.165, 1.54) is 61.2 Å². The van der Waals surface area contributed by atoms with Gasteiger partial charge in [0.1, 0.15) is 0 Å². The van der Waals surface area contributed by atoms with Crippen LogP contribution in [0.4, 0.5) is 0 Å². The lowest BCUT2D eigenvalue weighted by molar-refractivity contribution is 0.794. The molecule has 0 radical (unpaired) electrons. The van der Waals surface area contributed by atoms with Gasteiger partial charge in [-0.2, -0.15) is 0 Å². The molecular weight excluding hydrogens is 591 g/mol. The molecule has 0 fully saturated rings. The van der Waals surface area contributed by atoms with E-state index in [-0.39, 0.29) is 5.41 Å². The number of fused-ring (bicyclic) bond motifs is 10. The number of aromatic nitrogens is 1. The summed E-state index contributed by atoms with van der Waals surface area (Å²) in [4.78, 5) is 5.43. The Morgan fingerprint density at radius 2 is 0.735 bits per heavy atom. The summed E-state index contributed by atoms with van der Waals surface area (Å²) in [6, 6.07) is 68.4. The second-order valence-electron chi connectivity index (χ2n) is 13.1. The van der Waals surface area contributed by atoms with E-state index in [1.54, 1.807) is 0 Å². The second-order valence-corrected chi connectivity index (χ2v) is 13.1. The lowest BCUT2D eigenvalue weighted by Crippen LogP contribution is -2.25. The van der Waals surface area contributed by atoms with Gasteiger partial charge >= 0.3 is 0 Å². The van der Waals surface area contributed by atoms with Gasteiger partial charge in [0.25, 0.3) is 0 Å². The smallest absolute Gasteiger partial charge is 0.0725 e. The minimum absolute atomic E-state index is 0.390. The molecule has 10 rings (SSSR count). The van der Waals surface area contributed by atoms with Crippen molar-refractivity contribution in [1.29, 1.82) is 0 Å². The van der Waals surface area contributed by atoms with Crippen LogP contribution in [0.15, 0.2) is 188 Å². The van der Waals surface area contributed by atoms with E-state index in [4.69, 9.17) is 4.98 Å². The molecule has 1 aromatic heterocycles. The molecule has 0 saturated carbocycles. The summed E-state index contributed by atoms with van der Waals surface area (Å²) in [5.41, 5.74) is 19.1. The Balaban J connectivity index is 1.24. The SMILES string of the molecule is c1ccc(-c2cccc(-c3cc(-c4ccccc4)nc(-c4cccc5c4-c4ccccc4C54c5ccccc5-c5ccccc54)c3)c2)cc1. The lowest BCUT2D eigenvalue weighted by atomic mass is 9.70. The molecule has 1 spiro atoms. The molecule has 8 aromatic rings. The largest absolute Gasteiger partial charge is 0.248 e. The fraction of sp³-hybridized carbons (Fsp3) is 0.0208. The van der Waals surface area contributed by atoms with Gasteiger partial charge in [0.15, 0.2) is 0 Å². The Kier molecular flexibility index (Phi) is 6.16. The van der Waals surface area contributed by atoms with Crippen LogP contribution in [0, 0.1) is 0 Å². The quantitative estimate of drug-likeness (QED) is 0.191. The summed E-state index contributed by atoms with van der Waals surface area (Å²) < 4.78 is 0. The average molecular weight is 622 g/mol. The highest BCUT2D eigenvalue weighted by Gasteiger charge is 2.52.